The standard InChI is InChI=1S/C14H9BrN4O4/c15-12-7-9(19(21)22)1-3-11(12)13-4-2-10(23-13)8-17-18-14(20)5-6-16/h1-4,7-8H,5H2,(H,18,20)/b17-8-. The zero-order chi connectivity index (χ0) is 16.8. The lowest BCUT2D eigenvalue weighted by Gasteiger charge is -2.00. The molecule has 8 nitrogen and oxygen atoms in total. The molecule has 0 aliphatic heterocycles. The Balaban J connectivity index is 2.13. The summed E-state index contributed by atoms with van der Waals surface area (Å²) < 4.78 is 6.05. The third-order valence-electron chi connectivity index (χ3n) is 2.68. The van der Waals surface area contributed by atoms with Gasteiger partial charge in [-0.05, 0) is 34.1 Å². The second-order valence-electron chi connectivity index (χ2n) is 4.25. The van der Waals surface area contributed by atoms with E-state index in [1.807, 2.05) is 0 Å². The molecule has 0 bridgehead atoms. The molecule has 2 aromatic rings. The second kappa shape index (κ2) is 7.33. The molecule has 0 atom stereocenters. The summed E-state index contributed by atoms with van der Waals surface area (Å²) in [5.41, 5.74) is 2.79. The van der Waals surface area contributed by atoms with Gasteiger partial charge in [0.2, 0.25) is 0 Å². The maximum atomic E-state index is 11.1. The van der Waals surface area contributed by atoms with Crippen LogP contribution in [0.15, 0.2) is 44.3 Å². The highest BCUT2D eigenvalue weighted by Gasteiger charge is 2.12. The summed E-state index contributed by atoms with van der Waals surface area (Å²) in [7, 11) is 0. The molecule has 1 heterocycles. The number of nitrogens with zero attached hydrogens (tertiary/aromatic N) is 3. The van der Waals surface area contributed by atoms with Crippen LogP contribution in [0.5, 0.6) is 0 Å². The number of nitrogens with one attached hydrogen (secondary N) is 1. The molecule has 1 N–H and O–H groups in total. The molecule has 0 aliphatic carbocycles. The van der Waals surface area contributed by atoms with Crippen molar-refractivity contribution < 1.29 is 14.1 Å². The molecule has 0 radical (unpaired) electrons. The molecule has 0 saturated heterocycles. The normalized spacial score (nSPS) is 10.4. The maximum Gasteiger partial charge on any atom is 0.270 e. The average Bonchev–Trinajstić information content (AvgIpc) is 2.96. The van der Waals surface area contributed by atoms with E-state index < -0.39 is 10.8 Å². The van der Waals surface area contributed by atoms with Crippen LogP contribution in [-0.4, -0.2) is 17.0 Å². The molecule has 1 aromatic carbocycles. The monoisotopic (exact) mass is 376 g/mol. The van der Waals surface area contributed by atoms with Gasteiger partial charge in [-0.25, -0.2) is 5.43 Å². The number of benzene rings is 1. The number of furan rings is 1. The number of halogens is 1. The van der Waals surface area contributed by atoms with Crippen molar-refractivity contribution in [1.29, 1.82) is 5.26 Å². The fourth-order valence-electron chi connectivity index (χ4n) is 1.66. The number of carbonyl (C=O) groups excluding carboxylic acids is 1. The minimum absolute atomic E-state index is 0.0332. The number of nitriles is 1. The number of hydrogen-bond donors (Lipinski definition) is 1. The van der Waals surface area contributed by atoms with Crippen molar-refractivity contribution >= 4 is 33.7 Å². The molecule has 1 aromatic heterocycles. The third-order valence-corrected chi connectivity index (χ3v) is 3.33. The van der Waals surface area contributed by atoms with E-state index >= 15 is 0 Å². The number of amides is 1. The average molecular weight is 377 g/mol. The first-order valence-corrected chi connectivity index (χ1v) is 7.03. The van der Waals surface area contributed by atoms with Gasteiger partial charge in [0.05, 0.1) is 17.2 Å². The van der Waals surface area contributed by atoms with Gasteiger partial charge in [-0.15, -0.1) is 0 Å². The molecular formula is C14H9BrN4O4. The van der Waals surface area contributed by atoms with Crippen LogP contribution in [0.4, 0.5) is 5.69 Å². The molecule has 9 heteroatoms. The summed E-state index contributed by atoms with van der Waals surface area (Å²) in [5, 5.41) is 22.7. The van der Waals surface area contributed by atoms with Crippen molar-refractivity contribution in [1.82, 2.24) is 5.43 Å². The Labute approximate surface area is 138 Å². The Hall–Kier alpha value is -2.99. The summed E-state index contributed by atoms with van der Waals surface area (Å²) in [4.78, 5) is 21.3. The highest BCUT2D eigenvalue weighted by molar-refractivity contribution is 9.10. The first kappa shape index (κ1) is 16.4. The lowest BCUT2D eigenvalue weighted by Crippen LogP contribution is -2.15. The molecule has 2 rings (SSSR count). The fourth-order valence-corrected chi connectivity index (χ4v) is 2.23. The number of hydrazone groups is 1. The van der Waals surface area contributed by atoms with Gasteiger partial charge in [0.15, 0.2) is 0 Å². The van der Waals surface area contributed by atoms with Gasteiger partial charge in [0.1, 0.15) is 17.9 Å². The molecule has 0 aliphatic rings. The van der Waals surface area contributed by atoms with Crippen molar-refractivity contribution in [2.24, 2.45) is 5.10 Å². The number of nitro groups is 1. The molecule has 0 unspecified atom stereocenters. The summed E-state index contributed by atoms with van der Waals surface area (Å²) in [6.45, 7) is 0. The Bertz CT molecular complexity index is 822. The van der Waals surface area contributed by atoms with Gasteiger partial charge >= 0.3 is 0 Å². The van der Waals surface area contributed by atoms with Gasteiger partial charge in [-0.2, -0.15) is 10.4 Å². The van der Waals surface area contributed by atoms with Crippen LogP contribution in [-0.2, 0) is 4.79 Å². The highest BCUT2D eigenvalue weighted by Crippen LogP contribution is 2.32. The molecular weight excluding hydrogens is 368 g/mol. The van der Waals surface area contributed by atoms with E-state index in [0.717, 1.165) is 0 Å². The van der Waals surface area contributed by atoms with Crippen molar-refractivity contribution in [3.63, 3.8) is 0 Å². The minimum Gasteiger partial charge on any atom is -0.455 e. The highest BCUT2D eigenvalue weighted by atomic mass is 79.9. The van der Waals surface area contributed by atoms with Gasteiger partial charge in [0, 0.05) is 22.2 Å². The van der Waals surface area contributed by atoms with Gasteiger partial charge in [0.25, 0.3) is 11.6 Å². The zero-order valence-corrected chi connectivity index (χ0v) is 13.1. The molecule has 0 spiro atoms. The smallest absolute Gasteiger partial charge is 0.270 e. The van der Waals surface area contributed by atoms with Crippen molar-refractivity contribution in [2.75, 3.05) is 0 Å². The summed E-state index contributed by atoms with van der Waals surface area (Å²) >= 11 is 3.26. The van der Waals surface area contributed by atoms with E-state index in [1.165, 1.54) is 18.3 Å². The van der Waals surface area contributed by atoms with Crippen LogP contribution in [0.2, 0.25) is 0 Å². The number of hydrogen-bond acceptors (Lipinski definition) is 6. The first-order chi connectivity index (χ1) is 11.0. The second-order valence-corrected chi connectivity index (χ2v) is 5.11. The van der Waals surface area contributed by atoms with Crippen LogP contribution in [0, 0.1) is 21.4 Å². The first-order valence-electron chi connectivity index (χ1n) is 6.24. The molecule has 23 heavy (non-hydrogen) atoms. The predicted molar refractivity (Wildman–Crippen MR) is 84.5 cm³/mol. The van der Waals surface area contributed by atoms with Crippen LogP contribution in [0.1, 0.15) is 12.2 Å². The van der Waals surface area contributed by atoms with Gasteiger partial charge in [-0.1, -0.05) is 0 Å². The SMILES string of the molecule is N#CCC(=O)N/N=C\c1ccc(-c2ccc([N+](=O)[O-])cc2Br)o1. The van der Waals surface area contributed by atoms with E-state index in [9.17, 15) is 14.9 Å². The Morgan fingerprint density at radius 2 is 2.26 bits per heavy atom. The summed E-state index contributed by atoms with van der Waals surface area (Å²) in [6.07, 6.45) is 1.01. The quantitative estimate of drug-likeness (QED) is 0.488. The van der Waals surface area contributed by atoms with Crippen molar-refractivity contribution in [2.45, 2.75) is 6.42 Å². The van der Waals surface area contributed by atoms with E-state index in [-0.39, 0.29) is 12.1 Å². The van der Waals surface area contributed by atoms with E-state index in [2.05, 4.69) is 26.5 Å². The fraction of sp³-hybridized carbons (Fsp3) is 0.0714. The van der Waals surface area contributed by atoms with E-state index in [0.29, 0.717) is 21.6 Å². The van der Waals surface area contributed by atoms with Crippen LogP contribution < -0.4 is 5.43 Å². The van der Waals surface area contributed by atoms with Crippen LogP contribution in [0.25, 0.3) is 11.3 Å². The summed E-state index contributed by atoms with van der Waals surface area (Å²) in [5.74, 6) is 0.340. The lowest BCUT2D eigenvalue weighted by atomic mass is 10.1. The topological polar surface area (TPSA) is 122 Å². The Morgan fingerprint density at radius 1 is 1.48 bits per heavy atom. The molecule has 116 valence electrons. The number of carbonyl (C=O) groups is 1. The van der Waals surface area contributed by atoms with Gasteiger partial charge in [-0.3, -0.25) is 14.9 Å². The molecule has 1 amide bonds. The van der Waals surface area contributed by atoms with Crippen molar-refractivity contribution in [3.05, 3.63) is 50.7 Å². The predicted octanol–water partition coefficient (Wildman–Crippen LogP) is 2.98. The third kappa shape index (κ3) is 4.24. The van der Waals surface area contributed by atoms with Gasteiger partial charge < -0.3 is 4.42 Å². The molecule has 0 saturated carbocycles. The zero-order valence-electron chi connectivity index (χ0n) is 11.5. The number of rotatable bonds is 5. The van der Waals surface area contributed by atoms with Crippen molar-refractivity contribution in [3.8, 4) is 17.4 Å². The number of nitro benzene ring substituents is 1. The summed E-state index contributed by atoms with van der Waals surface area (Å²) in [6, 6.07) is 9.32. The minimum atomic E-state index is -0.520. The Kier molecular flexibility index (Phi) is 5.22. The Morgan fingerprint density at radius 3 is 2.91 bits per heavy atom. The maximum absolute atomic E-state index is 11.1. The van der Waals surface area contributed by atoms with Crippen LogP contribution in [0.3, 0.4) is 0 Å². The lowest BCUT2D eigenvalue weighted by molar-refractivity contribution is -0.384. The largest absolute Gasteiger partial charge is 0.455 e. The number of non-ortho nitro benzene ring substituents is 1. The van der Waals surface area contributed by atoms with E-state index in [1.54, 1.807) is 24.3 Å². The van der Waals surface area contributed by atoms with E-state index in [4.69, 9.17) is 9.68 Å². The molecule has 0 fully saturated rings. The van der Waals surface area contributed by atoms with Crippen LogP contribution >= 0.6 is 15.9 Å².